The fraction of sp³-hybridized carbons (Fsp3) is 0.364. The van der Waals surface area contributed by atoms with E-state index in [1.54, 1.807) is 24.3 Å². The molecule has 0 saturated carbocycles. The van der Waals surface area contributed by atoms with Gasteiger partial charge in [-0.3, -0.25) is 9.69 Å². The molecule has 0 atom stereocenters. The summed E-state index contributed by atoms with van der Waals surface area (Å²) in [5.41, 5.74) is 2.70. The van der Waals surface area contributed by atoms with E-state index in [1.165, 1.54) is 0 Å². The minimum atomic E-state index is -0.122. The third kappa shape index (κ3) is 4.96. The lowest BCUT2D eigenvalue weighted by Crippen LogP contribution is -2.38. The number of nitrogens with zero attached hydrogens (tertiary/aromatic N) is 3. The highest BCUT2D eigenvalue weighted by atomic mass is 35.5. The van der Waals surface area contributed by atoms with Gasteiger partial charge in [-0.05, 0) is 30.3 Å². The lowest BCUT2D eigenvalue weighted by atomic mass is 10.2. The Bertz CT molecular complexity index is 982. The normalized spacial score (nSPS) is 14.9. The van der Waals surface area contributed by atoms with Crippen LogP contribution >= 0.6 is 11.6 Å². The molecule has 1 aromatic heterocycles. The van der Waals surface area contributed by atoms with Gasteiger partial charge in [0.05, 0.1) is 24.2 Å². The number of carbonyl (C=O) groups excluding carboxylic acids is 1. The van der Waals surface area contributed by atoms with E-state index in [-0.39, 0.29) is 5.91 Å². The first kappa shape index (κ1) is 19.9. The van der Waals surface area contributed by atoms with Crippen LogP contribution in [0.5, 0.6) is 0 Å². The van der Waals surface area contributed by atoms with Crippen molar-refractivity contribution in [2.75, 3.05) is 39.4 Å². The van der Waals surface area contributed by atoms with Crippen molar-refractivity contribution in [3.8, 4) is 0 Å². The summed E-state index contributed by atoms with van der Waals surface area (Å²) in [7, 11) is 0. The quantitative estimate of drug-likeness (QED) is 0.648. The van der Waals surface area contributed by atoms with Crippen molar-refractivity contribution in [2.24, 2.45) is 0 Å². The van der Waals surface area contributed by atoms with E-state index in [0.29, 0.717) is 23.6 Å². The van der Waals surface area contributed by atoms with Crippen LogP contribution in [0.15, 0.2) is 48.5 Å². The van der Waals surface area contributed by atoms with E-state index in [0.717, 1.165) is 56.3 Å². The fourth-order valence-corrected chi connectivity index (χ4v) is 3.84. The maximum Gasteiger partial charge on any atom is 0.251 e. The van der Waals surface area contributed by atoms with Crippen LogP contribution in [0.25, 0.3) is 11.0 Å². The smallest absolute Gasteiger partial charge is 0.251 e. The second-order valence-electron chi connectivity index (χ2n) is 7.14. The number of imidazole rings is 1. The molecule has 3 aromatic rings. The van der Waals surface area contributed by atoms with Gasteiger partial charge in [0.1, 0.15) is 5.82 Å². The van der Waals surface area contributed by atoms with Gasteiger partial charge in [0.15, 0.2) is 0 Å². The van der Waals surface area contributed by atoms with Crippen LogP contribution < -0.4 is 5.32 Å². The summed E-state index contributed by atoms with van der Waals surface area (Å²) in [6, 6.07) is 15.2. The zero-order valence-corrected chi connectivity index (χ0v) is 17.1. The molecule has 1 amide bonds. The number of halogens is 1. The average molecular weight is 413 g/mol. The maximum absolute atomic E-state index is 12.4. The van der Waals surface area contributed by atoms with E-state index >= 15 is 0 Å². The highest BCUT2D eigenvalue weighted by Gasteiger charge is 2.14. The molecule has 0 unspecified atom stereocenters. The molecular formula is C22H25ClN4O2. The Hall–Kier alpha value is -2.41. The van der Waals surface area contributed by atoms with Crippen LogP contribution in [0.3, 0.4) is 0 Å². The van der Waals surface area contributed by atoms with Gasteiger partial charge in [0, 0.05) is 49.7 Å². The van der Waals surface area contributed by atoms with Gasteiger partial charge in [-0.2, -0.15) is 0 Å². The van der Waals surface area contributed by atoms with Crippen LogP contribution in [0.2, 0.25) is 5.02 Å². The predicted molar refractivity (Wildman–Crippen MR) is 114 cm³/mol. The van der Waals surface area contributed by atoms with Gasteiger partial charge >= 0.3 is 0 Å². The largest absolute Gasteiger partial charge is 0.379 e. The standard InChI is InChI=1S/C22H25ClN4O2/c23-18-5-3-4-17(16-18)22(28)24-9-8-21-25-19-6-1-2-7-20(19)27(21)11-10-26-12-14-29-15-13-26/h1-7,16H,8-15H2,(H,24,28). The van der Waals surface area contributed by atoms with Crippen molar-refractivity contribution in [1.29, 1.82) is 0 Å². The van der Waals surface area contributed by atoms with Crippen LogP contribution in [0, 0.1) is 0 Å². The second kappa shape index (κ2) is 9.39. The number of nitrogens with one attached hydrogen (secondary N) is 1. The number of aromatic nitrogens is 2. The molecule has 1 aliphatic rings. The zero-order valence-electron chi connectivity index (χ0n) is 16.3. The summed E-state index contributed by atoms with van der Waals surface area (Å²) < 4.78 is 7.71. The molecule has 152 valence electrons. The van der Waals surface area contributed by atoms with Gasteiger partial charge in [0.2, 0.25) is 0 Å². The number of carbonyl (C=O) groups is 1. The Balaban J connectivity index is 1.42. The highest BCUT2D eigenvalue weighted by molar-refractivity contribution is 6.30. The molecule has 7 heteroatoms. The molecule has 6 nitrogen and oxygen atoms in total. The molecule has 1 saturated heterocycles. The third-order valence-corrected chi connectivity index (χ3v) is 5.43. The molecule has 2 aromatic carbocycles. The molecule has 0 aliphatic carbocycles. The maximum atomic E-state index is 12.4. The minimum Gasteiger partial charge on any atom is -0.379 e. The first-order valence-corrected chi connectivity index (χ1v) is 10.4. The van der Waals surface area contributed by atoms with Crippen molar-refractivity contribution in [1.82, 2.24) is 19.8 Å². The molecule has 2 heterocycles. The van der Waals surface area contributed by atoms with E-state index in [2.05, 4.69) is 20.9 Å². The Morgan fingerprint density at radius 3 is 2.76 bits per heavy atom. The molecule has 1 fully saturated rings. The Morgan fingerprint density at radius 2 is 1.93 bits per heavy atom. The van der Waals surface area contributed by atoms with Crippen LogP contribution in [0.4, 0.5) is 0 Å². The summed E-state index contributed by atoms with van der Waals surface area (Å²) >= 11 is 5.98. The van der Waals surface area contributed by atoms with Gasteiger partial charge < -0.3 is 14.6 Å². The number of para-hydroxylation sites is 2. The molecule has 0 spiro atoms. The third-order valence-electron chi connectivity index (χ3n) is 5.20. The Labute approximate surface area is 175 Å². The number of ether oxygens (including phenoxy) is 1. The Kier molecular flexibility index (Phi) is 6.44. The fourth-order valence-electron chi connectivity index (χ4n) is 3.65. The highest BCUT2D eigenvalue weighted by Crippen LogP contribution is 2.17. The molecular weight excluding hydrogens is 388 g/mol. The molecule has 4 rings (SSSR count). The van der Waals surface area contributed by atoms with Gasteiger partial charge in [-0.1, -0.05) is 29.8 Å². The molecule has 0 bridgehead atoms. The lowest BCUT2D eigenvalue weighted by Gasteiger charge is -2.27. The molecule has 1 aliphatic heterocycles. The second-order valence-corrected chi connectivity index (χ2v) is 7.58. The summed E-state index contributed by atoms with van der Waals surface area (Å²) in [4.78, 5) is 19.6. The topological polar surface area (TPSA) is 59.4 Å². The Morgan fingerprint density at radius 1 is 1.10 bits per heavy atom. The zero-order chi connectivity index (χ0) is 20.1. The van der Waals surface area contributed by atoms with Crippen molar-refractivity contribution in [2.45, 2.75) is 13.0 Å². The first-order valence-electron chi connectivity index (χ1n) is 9.99. The van der Waals surface area contributed by atoms with E-state index < -0.39 is 0 Å². The summed E-state index contributed by atoms with van der Waals surface area (Å²) in [5.74, 6) is 0.870. The SMILES string of the molecule is O=C(NCCc1nc2ccccc2n1CCN1CCOCC1)c1cccc(Cl)c1. The van der Waals surface area contributed by atoms with Gasteiger partial charge in [0.25, 0.3) is 5.91 Å². The number of hydrogen-bond acceptors (Lipinski definition) is 4. The number of fused-ring (bicyclic) bond motifs is 1. The van der Waals surface area contributed by atoms with Crippen LogP contribution in [-0.4, -0.2) is 59.8 Å². The monoisotopic (exact) mass is 412 g/mol. The van der Waals surface area contributed by atoms with Crippen LogP contribution in [0.1, 0.15) is 16.2 Å². The lowest BCUT2D eigenvalue weighted by molar-refractivity contribution is 0.0364. The number of rotatable bonds is 7. The molecule has 29 heavy (non-hydrogen) atoms. The van der Waals surface area contributed by atoms with Gasteiger partial charge in [-0.25, -0.2) is 4.98 Å². The number of hydrogen-bond donors (Lipinski definition) is 1. The molecule has 0 radical (unpaired) electrons. The number of morpholine rings is 1. The van der Waals surface area contributed by atoms with Crippen molar-refractivity contribution < 1.29 is 9.53 Å². The molecule has 1 N–H and O–H groups in total. The number of amides is 1. The average Bonchev–Trinajstić information content (AvgIpc) is 3.10. The van der Waals surface area contributed by atoms with Crippen molar-refractivity contribution >= 4 is 28.5 Å². The number of benzene rings is 2. The van der Waals surface area contributed by atoms with E-state index in [4.69, 9.17) is 21.3 Å². The summed E-state index contributed by atoms with van der Waals surface area (Å²) in [6.45, 7) is 5.89. The summed E-state index contributed by atoms with van der Waals surface area (Å²) in [6.07, 6.45) is 0.671. The van der Waals surface area contributed by atoms with Crippen molar-refractivity contribution in [3.63, 3.8) is 0 Å². The van der Waals surface area contributed by atoms with Crippen LogP contribution in [-0.2, 0) is 17.7 Å². The van der Waals surface area contributed by atoms with Crippen molar-refractivity contribution in [3.05, 3.63) is 64.9 Å². The van der Waals surface area contributed by atoms with E-state index in [1.807, 2.05) is 18.2 Å². The van der Waals surface area contributed by atoms with Gasteiger partial charge in [-0.15, -0.1) is 0 Å². The minimum absolute atomic E-state index is 0.122. The first-order chi connectivity index (χ1) is 14.2. The predicted octanol–water partition coefficient (Wildman–Crippen LogP) is 2.99. The summed E-state index contributed by atoms with van der Waals surface area (Å²) in [5, 5.41) is 3.53. The van der Waals surface area contributed by atoms with E-state index in [9.17, 15) is 4.79 Å².